The highest BCUT2D eigenvalue weighted by Crippen LogP contribution is 2.22. The third-order valence-electron chi connectivity index (χ3n) is 3.46. The van der Waals surface area contributed by atoms with E-state index in [1.165, 1.54) is 6.92 Å². The van der Waals surface area contributed by atoms with Gasteiger partial charge in [-0.1, -0.05) is 13.0 Å². The summed E-state index contributed by atoms with van der Waals surface area (Å²) in [7, 11) is 0. The number of carbonyl (C=O) groups is 2. The van der Waals surface area contributed by atoms with Crippen LogP contribution in [0.3, 0.4) is 0 Å². The van der Waals surface area contributed by atoms with Crippen LogP contribution in [0.2, 0.25) is 0 Å². The van der Waals surface area contributed by atoms with E-state index in [1.54, 1.807) is 25.1 Å². The first-order valence-electron chi connectivity index (χ1n) is 6.65. The first kappa shape index (κ1) is 14.5. The van der Waals surface area contributed by atoms with Gasteiger partial charge in [-0.25, -0.2) is 0 Å². The number of ether oxygens (including phenoxy) is 2. The zero-order valence-corrected chi connectivity index (χ0v) is 11.9. The molecule has 1 aliphatic heterocycles. The van der Waals surface area contributed by atoms with Crippen LogP contribution < -0.4 is 10.1 Å². The molecule has 0 bridgehead atoms. The maximum Gasteiger partial charge on any atom is 0.308 e. The molecule has 1 heterocycles. The quantitative estimate of drug-likeness (QED) is 0.674. The third kappa shape index (κ3) is 3.17. The van der Waals surface area contributed by atoms with Gasteiger partial charge in [-0.15, -0.1) is 0 Å². The van der Waals surface area contributed by atoms with Gasteiger partial charge in [0.1, 0.15) is 5.75 Å². The van der Waals surface area contributed by atoms with Gasteiger partial charge in [-0.2, -0.15) is 0 Å². The third-order valence-corrected chi connectivity index (χ3v) is 3.46. The van der Waals surface area contributed by atoms with E-state index in [9.17, 15) is 9.59 Å². The van der Waals surface area contributed by atoms with Crippen molar-refractivity contribution >= 4 is 11.9 Å². The zero-order valence-electron chi connectivity index (χ0n) is 11.9. The number of rotatable bonds is 3. The molecule has 0 saturated carbocycles. The van der Waals surface area contributed by atoms with Crippen molar-refractivity contribution < 1.29 is 19.1 Å². The van der Waals surface area contributed by atoms with E-state index in [2.05, 4.69) is 5.32 Å². The van der Waals surface area contributed by atoms with Crippen LogP contribution in [0.5, 0.6) is 5.75 Å². The number of carbonyl (C=O) groups excluding carboxylic acids is 2. The number of hydrogen-bond donors (Lipinski definition) is 1. The second-order valence-electron chi connectivity index (χ2n) is 5.12. The Morgan fingerprint density at radius 3 is 2.70 bits per heavy atom. The molecule has 1 fully saturated rings. The Labute approximate surface area is 118 Å². The Hall–Kier alpha value is -1.88. The summed E-state index contributed by atoms with van der Waals surface area (Å²) in [4.78, 5) is 23.3. The second kappa shape index (κ2) is 6.05. The fourth-order valence-electron chi connectivity index (χ4n) is 2.22. The van der Waals surface area contributed by atoms with Crippen molar-refractivity contribution in [1.29, 1.82) is 0 Å². The van der Waals surface area contributed by atoms with Gasteiger partial charge in [-0.05, 0) is 19.1 Å². The molecule has 1 aromatic rings. The number of esters is 1. The monoisotopic (exact) mass is 277 g/mol. The van der Waals surface area contributed by atoms with Crippen LogP contribution in [0.15, 0.2) is 18.2 Å². The molecule has 1 amide bonds. The van der Waals surface area contributed by atoms with Gasteiger partial charge in [0.25, 0.3) is 5.91 Å². The van der Waals surface area contributed by atoms with Crippen LogP contribution in [0, 0.1) is 12.8 Å². The first-order valence-corrected chi connectivity index (χ1v) is 6.65. The smallest absolute Gasteiger partial charge is 0.308 e. The normalized spacial score (nSPS) is 21.6. The summed E-state index contributed by atoms with van der Waals surface area (Å²) in [6.07, 6.45) is 0. The van der Waals surface area contributed by atoms with Crippen molar-refractivity contribution in [2.45, 2.75) is 26.8 Å². The van der Waals surface area contributed by atoms with Gasteiger partial charge in [-0.3, -0.25) is 9.59 Å². The van der Waals surface area contributed by atoms with E-state index in [-0.39, 0.29) is 11.9 Å². The number of nitrogens with one attached hydrogen (secondary N) is 1. The molecule has 1 N–H and O–H groups in total. The van der Waals surface area contributed by atoms with E-state index < -0.39 is 5.97 Å². The molecule has 20 heavy (non-hydrogen) atoms. The molecule has 0 radical (unpaired) electrons. The number of benzene rings is 1. The minimum Gasteiger partial charge on any atom is -0.426 e. The summed E-state index contributed by atoms with van der Waals surface area (Å²) in [5.41, 5.74) is 1.18. The lowest BCUT2D eigenvalue weighted by Crippen LogP contribution is -2.39. The van der Waals surface area contributed by atoms with Crippen LogP contribution in [-0.4, -0.2) is 31.1 Å². The first-order chi connectivity index (χ1) is 9.49. The summed E-state index contributed by atoms with van der Waals surface area (Å²) >= 11 is 0. The van der Waals surface area contributed by atoms with Crippen molar-refractivity contribution in [2.24, 2.45) is 5.92 Å². The van der Waals surface area contributed by atoms with Gasteiger partial charge in [0.2, 0.25) is 0 Å². The van der Waals surface area contributed by atoms with Crippen molar-refractivity contribution in [3.63, 3.8) is 0 Å². The van der Waals surface area contributed by atoms with E-state index in [1.807, 2.05) is 6.92 Å². The summed E-state index contributed by atoms with van der Waals surface area (Å²) < 4.78 is 10.4. The topological polar surface area (TPSA) is 64.6 Å². The average Bonchev–Trinajstić information content (AvgIpc) is 2.77. The molecule has 2 atom stereocenters. The molecule has 1 aliphatic rings. The Morgan fingerprint density at radius 2 is 2.10 bits per heavy atom. The molecule has 5 heteroatoms. The Kier molecular flexibility index (Phi) is 4.39. The van der Waals surface area contributed by atoms with Crippen LogP contribution in [0.25, 0.3) is 0 Å². The lowest BCUT2D eigenvalue weighted by Gasteiger charge is -2.17. The number of amides is 1. The molecule has 2 rings (SSSR count). The van der Waals surface area contributed by atoms with E-state index in [0.717, 1.165) is 0 Å². The Balaban J connectivity index is 2.15. The fraction of sp³-hybridized carbons (Fsp3) is 0.467. The van der Waals surface area contributed by atoms with Crippen molar-refractivity contribution in [3.8, 4) is 5.75 Å². The summed E-state index contributed by atoms with van der Waals surface area (Å²) in [6.45, 7) is 6.35. The fourth-order valence-corrected chi connectivity index (χ4v) is 2.22. The highest BCUT2D eigenvalue weighted by atomic mass is 16.5. The van der Waals surface area contributed by atoms with Crippen LogP contribution in [-0.2, 0) is 9.53 Å². The van der Waals surface area contributed by atoms with E-state index in [0.29, 0.717) is 36.0 Å². The van der Waals surface area contributed by atoms with Gasteiger partial charge in [0.15, 0.2) is 0 Å². The molecular formula is C15H19NO4. The van der Waals surface area contributed by atoms with Gasteiger partial charge in [0, 0.05) is 24.0 Å². The van der Waals surface area contributed by atoms with Gasteiger partial charge >= 0.3 is 5.97 Å². The maximum atomic E-state index is 12.3. The molecule has 5 nitrogen and oxygen atoms in total. The predicted octanol–water partition coefficient (Wildman–Crippen LogP) is 1.69. The standard InChI is InChI=1S/C15H19NO4/c1-9-7-19-8-13(9)16-15(18)12-5-4-6-14(10(12)2)20-11(3)17/h4-6,9,13H,7-8H2,1-3H3,(H,16,18). The predicted molar refractivity (Wildman–Crippen MR) is 73.7 cm³/mol. The van der Waals surface area contributed by atoms with Crippen LogP contribution >= 0.6 is 0 Å². The largest absolute Gasteiger partial charge is 0.426 e. The Bertz CT molecular complexity index is 527. The maximum absolute atomic E-state index is 12.3. The van der Waals surface area contributed by atoms with Crippen LogP contribution in [0.4, 0.5) is 0 Å². The van der Waals surface area contributed by atoms with Gasteiger partial charge < -0.3 is 14.8 Å². The molecular weight excluding hydrogens is 258 g/mol. The SMILES string of the molecule is CC(=O)Oc1cccc(C(=O)NC2COCC2C)c1C. The van der Waals surface area contributed by atoms with Gasteiger partial charge in [0.05, 0.1) is 19.3 Å². The van der Waals surface area contributed by atoms with E-state index in [4.69, 9.17) is 9.47 Å². The van der Waals surface area contributed by atoms with Crippen LogP contribution in [0.1, 0.15) is 29.8 Å². The molecule has 108 valence electrons. The lowest BCUT2D eigenvalue weighted by atomic mass is 10.0. The molecule has 1 aromatic carbocycles. The average molecular weight is 277 g/mol. The molecule has 0 aliphatic carbocycles. The summed E-state index contributed by atoms with van der Waals surface area (Å²) in [5.74, 6) is 0.152. The second-order valence-corrected chi connectivity index (χ2v) is 5.12. The van der Waals surface area contributed by atoms with Crippen molar-refractivity contribution in [3.05, 3.63) is 29.3 Å². The highest BCUT2D eigenvalue weighted by molar-refractivity contribution is 5.96. The van der Waals surface area contributed by atoms with E-state index >= 15 is 0 Å². The zero-order chi connectivity index (χ0) is 14.7. The lowest BCUT2D eigenvalue weighted by molar-refractivity contribution is -0.131. The molecule has 1 saturated heterocycles. The minimum atomic E-state index is -0.400. The van der Waals surface area contributed by atoms with Crippen molar-refractivity contribution in [2.75, 3.05) is 13.2 Å². The summed E-state index contributed by atoms with van der Waals surface area (Å²) in [5, 5.41) is 2.96. The van der Waals surface area contributed by atoms with Crippen molar-refractivity contribution in [1.82, 2.24) is 5.32 Å². The molecule has 2 unspecified atom stereocenters. The molecule has 0 spiro atoms. The Morgan fingerprint density at radius 1 is 1.35 bits per heavy atom. The molecule has 0 aromatic heterocycles. The summed E-state index contributed by atoms with van der Waals surface area (Å²) in [6, 6.07) is 5.13. The highest BCUT2D eigenvalue weighted by Gasteiger charge is 2.26. The minimum absolute atomic E-state index is 0.0271. The number of hydrogen-bond acceptors (Lipinski definition) is 4.